The summed E-state index contributed by atoms with van der Waals surface area (Å²) in [6.07, 6.45) is 2.96. The molecule has 0 saturated carbocycles. The normalized spacial score (nSPS) is 11.9. The molecule has 0 unspecified atom stereocenters. The molecule has 0 aromatic heterocycles. The molecule has 2 aliphatic carbocycles. The van der Waals surface area contributed by atoms with Crippen molar-refractivity contribution in [2.24, 2.45) is 0 Å². The zero-order chi connectivity index (χ0) is 12.6. The quantitative estimate of drug-likeness (QED) is 0.517. The van der Waals surface area contributed by atoms with Gasteiger partial charge < -0.3 is 0 Å². The summed E-state index contributed by atoms with van der Waals surface area (Å²) in [5.74, 6) is 6.02. The number of rotatable bonds is 3. The van der Waals surface area contributed by atoms with E-state index in [-0.39, 0.29) is 4.90 Å². The third-order valence-electron chi connectivity index (χ3n) is 2.97. The molecule has 17 heavy (non-hydrogen) atoms. The standard InChI is InChI=1S/C13H14O3S/c1-3-4-5-6-7-10-9(2)11-8-12(13(10)11)17(14,15)16/h8H,3-5H2,1-2H3,(H,14,15,16). The SMILES string of the molecule is CCCCC#Cc1c(C)c2cc(S(=O)(=O)O)c1=2. The summed E-state index contributed by atoms with van der Waals surface area (Å²) in [6, 6.07) is 1.50. The van der Waals surface area contributed by atoms with Crippen molar-refractivity contribution in [1.82, 2.24) is 0 Å². The van der Waals surface area contributed by atoms with Crippen LogP contribution in [0.15, 0.2) is 11.0 Å². The maximum atomic E-state index is 11.0. The highest BCUT2D eigenvalue weighted by Gasteiger charge is 2.24. The molecule has 4 heteroatoms. The largest absolute Gasteiger partial charge is 0.295 e. The Morgan fingerprint density at radius 1 is 1.41 bits per heavy atom. The second-order valence-corrected chi connectivity index (χ2v) is 5.57. The van der Waals surface area contributed by atoms with Gasteiger partial charge in [0.1, 0.15) is 4.90 Å². The molecule has 0 saturated heterocycles. The molecule has 3 nitrogen and oxygen atoms in total. The molecule has 0 spiro atoms. The van der Waals surface area contributed by atoms with Crippen LogP contribution in [0.4, 0.5) is 0 Å². The van der Waals surface area contributed by atoms with Gasteiger partial charge in [-0.1, -0.05) is 25.2 Å². The predicted octanol–water partition coefficient (Wildman–Crippen LogP) is 2.38. The maximum Gasteiger partial charge on any atom is 0.295 e. The lowest BCUT2D eigenvalue weighted by Gasteiger charge is -2.16. The predicted molar refractivity (Wildman–Crippen MR) is 65.1 cm³/mol. The van der Waals surface area contributed by atoms with E-state index in [1.165, 1.54) is 6.07 Å². The third-order valence-corrected chi connectivity index (χ3v) is 3.84. The Morgan fingerprint density at radius 2 is 2.12 bits per heavy atom. The summed E-state index contributed by atoms with van der Waals surface area (Å²) in [7, 11) is -4.09. The zero-order valence-electron chi connectivity index (χ0n) is 9.87. The van der Waals surface area contributed by atoms with Gasteiger partial charge in [0.25, 0.3) is 10.1 Å². The fourth-order valence-electron chi connectivity index (χ4n) is 1.92. The van der Waals surface area contributed by atoms with Gasteiger partial charge in [0, 0.05) is 17.2 Å². The van der Waals surface area contributed by atoms with Crippen LogP contribution in [-0.4, -0.2) is 13.0 Å². The Hall–Kier alpha value is -1.31. The summed E-state index contributed by atoms with van der Waals surface area (Å²) in [5, 5.41) is 1.53. The highest BCUT2D eigenvalue weighted by atomic mass is 32.2. The number of unbranched alkanes of at least 4 members (excludes halogenated alkanes) is 2. The fraction of sp³-hybridized carbons (Fsp3) is 0.385. The Morgan fingerprint density at radius 3 is 2.71 bits per heavy atom. The first-order chi connectivity index (χ1) is 7.96. The summed E-state index contributed by atoms with van der Waals surface area (Å²) < 4.78 is 31.0. The Kier molecular flexibility index (Phi) is 2.98. The molecule has 0 aromatic carbocycles. The first-order valence-electron chi connectivity index (χ1n) is 5.61. The minimum absolute atomic E-state index is 0.0119. The molecule has 0 radical (unpaired) electrons. The van der Waals surface area contributed by atoms with E-state index in [1.807, 2.05) is 6.92 Å². The van der Waals surface area contributed by atoms with E-state index in [0.29, 0.717) is 5.22 Å². The molecule has 90 valence electrons. The second-order valence-electron chi connectivity index (χ2n) is 4.18. The van der Waals surface area contributed by atoms with Crippen LogP contribution < -0.4 is 0 Å². The number of hydrogen-bond acceptors (Lipinski definition) is 2. The van der Waals surface area contributed by atoms with Crippen LogP contribution in [0, 0.1) is 29.2 Å². The van der Waals surface area contributed by atoms with Crippen LogP contribution in [-0.2, 0) is 10.1 Å². The van der Waals surface area contributed by atoms with Crippen molar-refractivity contribution in [3.8, 4) is 11.8 Å². The van der Waals surface area contributed by atoms with E-state index in [4.69, 9.17) is 4.55 Å². The van der Waals surface area contributed by atoms with Crippen molar-refractivity contribution in [2.45, 2.75) is 38.0 Å². The molecular formula is C13H14O3S. The molecule has 0 bridgehead atoms. The van der Waals surface area contributed by atoms with Gasteiger partial charge in [-0.2, -0.15) is 8.42 Å². The van der Waals surface area contributed by atoms with Gasteiger partial charge in [0.2, 0.25) is 0 Å². The van der Waals surface area contributed by atoms with Crippen LogP contribution in [0.3, 0.4) is 0 Å². The average Bonchev–Trinajstić information content (AvgIpc) is 2.19. The minimum Gasteiger partial charge on any atom is -0.282 e. The van der Waals surface area contributed by atoms with Crippen molar-refractivity contribution >= 4 is 10.1 Å². The van der Waals surface area contributed by atoms with Gasteiger partial charge in [-0.15, -0.1) is 0 Å². The molecule has 0 fully saturated rings. The molecule has 1 N–H and O–H groups in total. The lowest BCUT2D eigenvalue weighted by atomic mass is 9.91. The third kappa shape index (κ3) is 1.97. The Bertz CT molecular complexity index is 719. The van der Waals surface area contributed by atoms with Gasteiger partial charge in [-0.3, -0.25) is 4.55 Å². The second kappa shape index (κ2) is 4.17. The average molecular weight is 250 g/mol. The molecule has 2 aliphatic rings. The highest BCUT2D eigenvalue weighted by Crippen LogP contribution is 2.29. The first kappa shape index (κ1) is 12.2. The van der Waals surface area contributed by atoms with Crippen LogP contribution in [0.2, 0.25) is 0 Å². The monoisotopic (exact) mass is 250 g/mol. The zero-order valence-corrected chi connectivity index (χ0v) is 10.7. The smallest absolute Gasteiger partial charge is 0.282 e. The molecule has 0 aromatic rings. The van der Waals surface area contributed by atoms with Crippen molar-refractivity contribution < 1.29 is 13.0 Å². The molecule has 0 amide bonds. The van der Waals surface area contributed by atoms with E-state index in [0.717, 1.165) is 35.6 Å². The van der Waals surface area contributed by atoms with Gasteiger partial charge in [-0.05, 0) is 30.2 Å². The topological polar surface area (TPSA) is 54.4 Å². The first-order valence-corrected chi connectivity index (χ1v) is 7.05. The molecule has 0 aliphatic heterocycles. The van der Waals surface area contributed by atoms with Crippen LogP contribution in [0.5, 0.6) is 0 Å². The molecular weight excluding hydrogens is 236 g/mol. The number of benzene rings is 1. The van der Waals surface area contributed by atoms with Crippen molar-refractivity contribution in [2.75, 3.05) is 0 Å². The van der Waals surface area contributed by atoms with Gasteiger partial charge in [-0.25, -0.2) is 0 Å². The van der Waals surface area contributed by atoms with Gasteiger partial charge >= 0.3 is 0 Å². The van der Waals surface area contributed by atoms with Gasteiger partial charge in [0.15, 0.2) is 0 Å². The minimum atomic E-state index is -4.09. The van der Waals surface area contributed by atoms with Crippen LogP contribution >= 0.6 is 0 Å². The van der Waals surface area contributed by atoms with Crippen LogP contribution in [0.25, 0.3) is 0 Å². The van der Waals surface area contributed by atoms with Gasteiger partial charge in [0.05, 0.1) is 0 Å². The Balaban J connectivity index is 2.33. The molecule has 0 atom stereocenters. The van der Waals surface area contributed by atoms with E-state index < -0.39 is 10.1 Å². The van der Waals surface area contributed by atoms with Crippen molar-refractivity contribution in [3.05, 3.63) is 27.6 Å². The van der Waals surface area contributed by atoms with E-state index in [2.05, 4.69) is 18.8 Å². The lowest BCUT2D eigenvalue weighted by Crippen LogP contribution is -2.11. The highest BCUT2D eigenvalue weighted by molar-refractivity contribution is 7.85. The van der Waals surface area contributed by atoms with E-state index in [9.17, 15) is 8.42 Å². The fourth-order valence-corrected chi connectivity index (χ4v) is 2.66. The number of hydrogen-bond donors (Lipinski definition) is 1. The summed E-state index contributed by atoms with van der Waals surface area (Å²) in [5.41, 5.74) is 1.79. The van der Waals surface area contributed by atoms with E-state index >= 15 is 0 Å². The molecule has 0 heterocycles. The Labute approximate surface area is 101 Å². The summed E-state index contributed by atoms with van der Waals surface area (Å²) in [6.45, 7) is 4.02. The van der Waals surface area contributed by atoms with E-state index in [1.54, 1.807) is 0 Å². The maximum absolute atomic E-state index is 11.0. The molecule has 2 rings (SSSR count). The van der Waals surface area contributed by atoms with Crippen molar-refractivity contribution in [1.29, 1.82) is 0 Å². The summed E-state index contributed by atoms with van der Waals surface area (Å²) in [4.78, 5) is 0.0119. The van der Waals surface area contributed by atoms with Crippen molar-refractivity contribution in [3.63, 3.8) is 0 Å². The lowest BCUT2D eigenvalue weighted by molar-refractivity contribution is 0.481. The summed E-state index contributed by atoms with van der Waals surface area (Å²) >= 11 is 0. The van der Waals surface area contributed by atoms with Crippen LogP contribution in [0.1, 0.15) is 37.3 Å².